The van der Waals surface area contributed by atoms with Gasteiger partial charge in [0.25, 0.3) is 0 Å². The summed E-state index contributed by atoms with van der Waals surface area (Å²) in [6.45, 7) is 3.32. The highest BCUT2D eigenvalue weighted by molar-refractivity contribution is 9.10. The molecule has 1 aliphatic rings. The van der Waals surface area contributed by atoms with Gasteiger partial charge in [0.2, 0.25) is 0 Å². The van der Waals surface area contributed by atoms with Gasteiger partial charge in [-0.2, -0.15) is 0 Å². The molecule has 0 aromatic heterocycles. The van der Waals surface area contributed by atoms with E-state index < -0.39 is 0 Å². The zero-order valence-corrected chi connectivity index (χ0v) is 13.2. The molecule has 19 heavy (non-hydrogen) atoms. The largest absolute Gasteiger partial charge is 0.314 e. The van der Waals surface area contributed by atoms with E-state index in [9.17, 15) is 4.39 Å². The van der Waals surface area contributed by atoms with E-state index in [2.05, 4.69) is 28.2 Å². The zero-order chi connectivity index (χ0) is 13.7. The monoisotopic (exact) mass is 327 g/mol. The molecule has 1 saturated carbocycles. The Bertz CT molecular complexity index is 408. The molecule has 1 fully saturated rings. The summed E-state index contributed by atoms with van der Waals surface area (Å²) in [7, 11) is 0. The van der Waals surface area contributed by atoms with Gasteiger partial charge < -0.3 is 5.32 Å². The predicted molar refractivity (Wildman–Crippen MR) is 81.8 cm³/mol. The second-order valence-corrected chi connectivity index (χ2v) is 6.41. The highest BCUT2D eigenvalue weighted by Gasteiger charge is 2.24. The van der Waals surface area contributed by atoms with Crippen LogP contribution in [0.1, 0.15) is 44.6 Å². The number of halogens is 2. The molecule has 1 aromatic rings. The minimum Gasteiger partial charge on any atom is -0.314 e. The van der Waals surface area contributed by atoms with E-state index in [1.54, 1.807) is 6.07 Å². The Balaban J connectivity index is 1.99. The van der Waals surface area contributed by atoms with Crippen molar-refractivity contribution in [1.82, 2.24) is 5.32 Å². The van der Waals surface area contributed by atoms with Crippen molar-refractivity contribution in [3.63, 3.8) is 0 Å². The third-order valence-corrected chi connectivity index (χ3v) is 4.66. The topological polar surface area (TPSA) is 12.0 Å². The Morgan fingerprint density at radius 2 is 2.11 bits per heavy atom. The second kappa shape index (κ2) is 7.39. The summed E-state index contributed by atoms with van der Waals surface area (Å²) in [4.78, 5) is 0. The molecule has 0 heterocycles. The van der Waals surface area contributed by atoms with Crippen molar-refractivity contribution in [3.8, 4) is 0 Å². The molecule has 0 radical (unpaired) electrons. The molecule has 3 heteroatoms. The fourth-order valence-electron chi connectivity index (χ4n) is 3.02. The molecular formula is C16H23BrFN. The van der Waals surface area contributed by atoms with Crippen LogP contribution in [0.15, 0.2) is 22.7 Å². The van der Waals surface area contributed by atoms with Gasteiger partial charge in [0.1, 0.15) is 5.82 Å². The normalized spacial score (nSPS) is 23.5. The highest BCUT2D eigenvalue weighted by atomic mass is 79.9. The number of nitrogens with one attached hydrogen (secondary N) is 1. The van der Waals surface area contributed by atoms with Crippen LogP contribution in [0.25, 0.3) is 0 Å². The van der Waals surface area contributed by atoms with Crippen molar-refractivity contribution < 1.29 is 4.39 Å². The van der Waals surface area contributed by atoms with Gasteiger partial charge in [-0.1, -0.05) is 25.8 Å². The molecule has 0 bridgehead atoms. The molecule has 0 aliphatic heterocycles. The summed E-state index contributed by atoms with van der Waals surface area (Å²) in [6, 6.07) is 6.06. The van der Waals surface area contributed by atoms with Crippen LogP contribution in [0.5, 0.6) is 0 Å². The van der Waals surface area contributed by atoms with Gasteiger partial charge in [0.15, 0.2) is 0 Å². The first kappa shape index (κ1) is 15.0. The third-order valence-electron chi connectivity index (χ3n) is 4.05. The Morgan fingerprint density at radius 1 is 1.32 bits per heavy atom. The molecule has 1 N–H and O–H groups in total. The molecule has 1 aromatic carbocycles. The number of rotatable bonds is 5. The summed E-state index contributed by atoms with van der Waals surface area (Å²) in [6.07, 6.45) is 7.48. The van der Waals surface area contributed by atoms with Crippen LogP contribution in [0.4, 0.5) is 4.39 Å². The maximum atomic E-state index is 13.3. The van der Waals surface area contributed by atoms with Gasteiger partial charge in [0.05, 0.1) is 4.47 Å². The van der Waals surface area contributed by atoms with Gasteiger partial charge in [-0.25, -0.2) is 4.39 Å². The molecule has 0 amide bonds. The number of hydrogen-bond donors (Lipinski definition) is 1. The molecule has 0 spiro atoms. The van der Waals surface area contributed by atoms with Crippen molar-refractivity contribution in [1.29, 1.82) is 0 Å². The van der Waals surface area contributed by atoms with Crippen LogP contribution in [0.3, 0.4) is 0 Å². The van der Waals surface area contributed by atoms with Gasteiger partial charge in [0, 0.05) is 6.04 Å². The van der Waals surface area contributed by atoms with E-state index in [0.29, 0.717) is 16.4 Å². The van der Waals surface area contributed by atoms with E-state index >= 15 is 0 Å². The van der Waals surface area contributed by atoms with E-state index in [4.69, 9.17) is 0 Å². The molecule has 2 unspecified atom stereocenters. The molecule has 106 valence electrons. The van der Waals surface area contributed by atoms with Gasteiger partial charge in [-0.3, -0.25) is 0 Å². The van der Waals surface area contributed by atoms with Crippen molar-refractivity contribution in [2.75, 3.05) is 6.54 Å². The first-order chi connectivity index (χ1) is 9.20. The number of benzene rings is 1. The summed E-state index contributed by atoms with van der Waals surface area (Å²) < 4.78 is 13.8. The van der Waals surface area contributed by atoms with Gasteiger partial charge in [-0.15, -0.1) is 0 Å². The molecule has 0 saturated heterocycles. The van der Waals surface area contributed by atoms with Crippen molar-refractivity contribution in [2.24, 2.45) is 5.92 Å². The Morgan fingerprint density at radius 3 is 2.84 bits per heavy atom. The maximum Gasteiger partial charge on any atom is 0.137 e. The minimum absolute atomic E-state index is 0.173. The first-order valence-corrected chi connectivity index (χ1v) is 8.17. The lowest BCUT2D eigenvalue weighted by atomic mass is 9.80. The zero-order valence-electron chi connectivity index (χ0n) is 11.6. The summed E-state index contributed by atoms with van der Waals surface area (Å²) in [5.41, 5.74) is 1.24. The van der Waals surface area contributed by atoms with Crippen LogP contribution in [0, 0.1) is 11.7 Å². The average Bonchev–Trinajstić information content (AvgIpc) is 2.42. The molecule has 1 nitrogen and oxygen atoms in total. The standard InChI is InChI=1S/C16H23BrFN/c1-2-9-19-16-6-4-3-5-13(16)10-12-7-8-15(18)14(17)11-12/h7-8,11,13,16,19H,2-6,9-10H2,1H3. The van der Waals surface area contributed by atoms with E-state index in [-0.39, 0.29) is 5.82 Å². The molecule has 2 rings (SSSR count). The SMILES string of the molecule is CCCNC1CCCCC1Cc1ccc(F)c(Br)c1. The Kier molecular flexibility index (Phi) is 5.83. The smallest absolute Gasteiger partial charge is 0.137 e. The fraction of sp³-hybridized carbons (Fsp3) is 0.625. The predicted octanol–water partition coefficient (Wildman–Crippen LogP) is 4.69. The fourth-order valence-corrected chi connectivity index (χ4v) is 3.45. The quantitative estimate of drug-likeness (QED) is 0.827. The second-order valence-electron chi connectivity index (χ2n) is 5.56. The minimum atomic E-state index is -0.173. The molecule has 1 aliphatic carbocycles. The van der Waals surface area contributed by atoms with Crippen LogP contribution in [-0.2, 0) is 6.42 Å². The average molecular weight is 328 g/mol. The first-order valence-electron chi connectivity index (χ1n) is 7.38. The van der Waals surface area contributed by atoms with Gasteiger partial charge in [-0.05, 0) is 71.8 Å². The summed E-state index contributed by atoms with van der Waals surface area (Å²) in [5, 5.41) is 3.68. The molecular weight excluding hydrogens is 305 g/mol. The van der Waals surface area contributed by atoms with E-state index in [1.165, 1.54) is 37.7 Å². The lowest BCUT2D eigenvalue weighted by Gasteiger charge is -2.32. The van der Waals surface area contributed by atoms with Crippen molar-refractivity contribution in [3.05, 3.63) is 34.1 Å². The van der Waals surface area contributed by atoms with Crippen LogP contribution >= 0.6 is 15.9 Å². The summed E-state index contributed by atoms with van der Waals surface area (Å²) in [5.74, 6) is 0.519. The van der Waals surface area contributed by atoms with Crippen LogP contribution in [-0.4, -0.2) is 12.6 Å². The number of hydrogen-bond acceptors (Lipinski definition) is 1. The highest BCUT2D eigenvalue weighted by Crippen LogP contribution is 2.28. The Labute approximate surface area is 124 Å². The third kappa shape index (κ3) is 4.28. The van der Waals surface area contributed by atoms with E-state index in [1.807, 2.05) is 12.1 Å². The van der Waals surface area contributed by atoms with E-state index in [0.717, 1.165) is 13.0 Å². The molecule has 2 atom stereocenters. The van der Waals surface area contributed by atoms with Crippen molar-refractivity contribution >= 4 is 15.9 Å². The lowest BCUT2D eigenvalue weighted by Crippen LogP contribution is -2.39. The summed E-state index contributed by atoms with van der Waals surface area (Å²) >= 11 is 3.28. The van der Waals surface area contributed by atoms with Crippen LogP contribution < -0.4 is 5.32 Å². The Hall–Kier alpha value is -0.410. The maximum absolute atomic E-state index is 13.3. The van der Waals surface area contributed by atoms with Crippen molar-refractivity contribution in [2.45, 2.75) is 51.5 Å². The van der Waals surface area contributed by atoms with Crippen LogP contribution in [0.2, 0.25) is 0 Å². The van der Waals surface area contributed by atoms with Gasteiger partial charge >= 0.3 is 0 Å². The lowest BCUT2D eigenvalue weighted by molar-refractivity contribution is 0.261.